The predicted octanol–water partition coefficient (Wildman–Crippen LogP) is 2.45. The normalized spacial score (nSPS) is 20.1. The second-order valence-corrected chi connectivity index (χ2v) is 5.09. The van der Waals surface area contributed by atoms with Gasteiger partial charge in [-0.25, -0.2) is 4.98 Å². The summed E-state index contributed by atoms with van der Waals surface area (Å²) in [4.78, 5) is 11.3. The molecule has 1 aromatic heterocycles. The van der Waals surface area contributed by atoms with Gasteiger partial charge in [0.2, 0.25) is 5.95 Å². The average molecular weight is 234 g/mol. The third-order valence-electron chi connectivity index (χ3n) is 3.43. The number of hydrogen-bond acceptors (Lipinski definition) is 4. The average Bonchev–Trinajstić information content (AvgIpc) is 2.77. The Morgan fingerprint density at radius 1 is 1.41 bits per heavy atom. The maximum absolute atomic E-state index is 4.57. The van der Waals surface area contributed by atoms with E-state index in [1.54, 1.807) is 0 Å². The molecule has 0 radical (unpaired) electrons. The number of nitrogens with one attached hydrogen (secondary N) is 1. The highest BCUT2D eigenvalue weighted by Crippen LogP contribution is 2.29. The van der Waals surface area contributed by atoms with Crippen molar-refractivity contribution in [3.05, 3.63) is 11.8 Å². The summed E-state index contributed by atoms with van der Waals surface area (Å²) >= 11 is 0. The molecule has 0 aliphatic carbocycles. The van der Waals surface area contributed by atoms with Crippen LogP contribution in [0.3, 0.4) is 0 Å². The third kappa shape index (κ3) is 2.51. The molecule has 1 aromatic rings. The van der Waals surface area contributed by atoms with Gasteiger partial charge in [-0.15, -0.1) is 0 Å². The Hall–Kier alpha value is -1.32. The van der Waals surface area contributed by atoms with Gasteiger partial charge in [0.05, 0.1) is 0 Å². The molecule has 94 valence electrons. The van der Waals surface area contributed by atoms with Crippen molar-refractivity contribution < 1.29 is 0 Å². The van der Waals surface area contributed by atoms with E-state index in [-0.39, 0.29) is 0 Å². The second-order valence-electron chi connectivity index (χ2n) is 5.09. The third-order valence-corrected chi connectivity index (χ3v) is 3.43. The minimum Gasteiger partial charge on any atom is -0.357 e. The van der Waals surface area contributed by atoms with Crippen LogP contribution in [0.1, 0.15) is 32.4 Å². The quantitative estimate of drug-likeness (QED) is 0.872. The molecule has 2 rings (SSSR count). The molecule has 4 heteroatoms. The molecule has 0 spiro atoms. The van der Waals surface area contributed by atoms with Gasteiger partial charge in [0.15, 0.2) is 0 Å². The van der Waals surface area contributed by atoms with Crippen molar-refractivity contribution in [2.45, 2.75) is 39.7 Å². The fourth-order valence-electron chi connectivity index (χ4n) is 2.58. The van der Waals surface area contributed by atoms with Crippen LogP contribution in [-0.4, -0.2) is 29.6 Å². The smallest absolute Gasteiger partial charge is 0.224 e. The maximum atomic E-state index is 4.57. The molecule has 1 N–H and O–H groups in total. The lowest BCUT2D eigenvalue weighted by atomic mass is 10.0. The number of aryl methyl sites for hydroxylation is 1. The monoisotopic (exact) mass is 234 g/mol. The van der Waals surface area contributed by atoms with Gasteiger partial charge in [-0.3, -0.25) is 0 Å². The molecule has 1 saturated heterocycles. The minimum absolute atomic E-state index is 0.619. The zero-order chi connectivity index (χ0) is 12.4. The highest BCUT2D eigenvalue weighted by atomic mass is 15.3. The lowest BCUT2D eigenvalue weighted by Crippen LogP contribution is -2.34. The summed E-state index contributed by atoms with van der Waals surface area (Å²) in [5.41, 5.74) is 1.02. The van der Waals surface area contributed by atoms with E-state index in [4.69, 9.17) is 0 Å². The molecule has 0 saturated carbocycles. The fraction of sp³-hybridized carbons (Fsp3) is 0.692. The Labute approximate surface area is 103 Å². The summed E-state index contributed by atoms with van der Waals surface area (Å²) in [5.74, 6) is 2.46. The molecule has 2 heterocycles. The first-order chi connectivity index (χ1) is 8.11. The summed E-state index contributed by atoms with van der Waals surface area (Å²) in [5, 5.41) is 3.03. The lowest BCUT2D eigenvalue weighted by molar-refractivity contribution is 0.489. The van der Waals surface area contributed by atoms with Crippen LogP contribution in [0.5, 0.6) is 0 Å². The van der Waals surface area contributed by atoms with Crippen LogP contribution in [0.2, 0.25) is 0 Å². The van der Waals surface area contributed by atoms with E-state index in [0.29, 0.717) is 12.0 Å². The lowest BCUT2D eigenvalue weighted by Gasteiger charge is -2.29. The van der Waals surface area contributed by atoms with Crippen molar-refractivity contribution in [2.24, 2.45) is 5.92 Å². The highest BCUT2D eigenvalue weighted by Gasteiger charge is 2.28. The SMILES string of the molecule is CNc1nc(C)cc(N2CCCC2C(C)C)n1. The number of nitrogens with zero attached hydrogens (tertiary/aromatic N) is 3. The van der Waals surface area contributed by atoms with Gasteiger partial charge in [-0.1, -0.05) is 13.8 Å². The molecule has 1 atom stereocenters. The van der Waals surface area contributed by atoms with Gasteiger partial charge in [0.1, 0.15) is 5.82 Å². The summed E-state index contributed by atoms with van der Waals surface area (Å²) in [6, 6.07) is 2.70. The van der Waals surface area contributed by atoms with Crippen molar-refractivity contribution in [3.8, 4) is 0 Å². The molecule has 17 heavy (non-hydrogen) atoms. The molecular weight excluding hydrogens is 212 g/mol. The summed E-state index contributed by atoms with van der Waals surface area (Å²) < 4.78 is 0. The van der Waals surface area contributed by atoms with Crippen molar-refractivity contribution in [3.63, 3.8) is 0 Å². The van der Waals surface area contributed by atoms with Crippen LogP contribution < -0.4 is 10.2 Å². The van der Waals surface area contributed by atoms with E-state index in [1.807, 2.05) is 14.0 Å². The minimum atomic E-state index is 0.619. The number of hydrogen-bond donors (Lipinski definition) is 1. The molecule has 1 fully saturated rings. The van der Waals surface area contributed by atoms with Crippen LogP contribution in [-0.2, 0) is 0 Å². The largest absolute Gasteiger partial charge is 0.357 e. The van der Waals surface area contributed by atoms with E-state index >= 15 is 0 Å². The van der Waals surface area contributed by atoms with Crippen molar-refractivity contribution >= 4 is 11.8 Å². The molecule has 0 bridgehead atoms. The Morgan fingerprint density at radius 3 is 2.82 bits per heavy atom. The van der Waals surface area contributed by atoms with Crippen LogP contribution in [0.15, 0.2) is 6.07 Å². The number of rotatable bonds is 3. The Balaban J connectivity index is 2.29. The number of anilines is 2. The molecule has 0 amide bonds. The molecule has 1 unspecified atom stereocenters. The van der Waals surface area contributed by atoms with Gasteiger partial charge in [-0.05, 0) is 25.7 Å². The zero-order valence-corrected chi connectivity index (χ0v) is 11.2. The first-order valence-corrected chi connectivity index (χ1v) is 6.42. The van der Waals surface area contributed by atoms with Crippen LogP contribution >= 0.6 is 0 Å². The van der Waals surface area contributed by atoms with Crippen molar-refractivity contribution in [2.75, 3.05) is 23.8 Å². The summed E-state index contributed by atoms with van der Waals surface area (Å²) in [7, 11) is 1.86. The van der Waals surface area contributed by atoms with E-state index in [0.717, 1.165) is 24.0 Å². The van der Waals surface area contributed by atoms with Gasteiger partial charge < -0.3 is 10.2 Å². The van der Waals surface area contributed by atoms with E-state index in [2.05, 4.69) is 40.1 Å². The van der Waals surface area contributed by atoms with Crippen molar-refractivity contribution in [1.82, 2.24) is 9.97 Å². The van der Waals surface area contributed by atoms with Crippen LogP contribution in [0.4, 0.5) is 11.8 Å². The van der Waals surface area contributed by atoms with Gasteiger partial charge >= 0.3 is 0 Å². The number of aromatic nitrogens is 2. The first kappa shape index (κ1) is 12.1. The van der Waals surface area contributed by atoms with E-state index in [9.17, 15) is 0 Å². The second kappa shape index (κ2) is 4.90. The topological polar surface area (TPSA) is 41.1 Å². The summed E-state index contributed by atoms with van der Waals surface area (Å²) in [6.07, 6.45) is 2.54. The van der Waals surface area contributed by atoms with E-state index < -0.39 is 0 Å². The molecule has 1 aliphatic rings. The fourth-order valence-corrected chi connectivity index (χ4v) is 2.58. The molecule has 1 aliphatic heterocycles. The van der Waals surface area contributed by atoms with Crippen molar-refractivity contribution in [1.29, 1.82) is 0 Å². The van der Waals surface area contributed by atoms with Crippen LogP contribution in [0, 0.1) is 12.8 Å². The zero-order valence-electron chi connectivity index (χ0n) is 11.2. The van der Waals surface area contributed by atoms with Gasteiger partial charge in [-0.2, -0.15) is 4.98 Å². The van der Waals surface area contributed by atoms with E-state index in [1.165, 1.54) is 12.8 Å². The molecule has 4 nitrogen and oxygen atoms in total. The Kier molecular flexibility index (Phi) is 3.50. The first-order valence-electron chi connectivity index (χ1n) is 6.42. The molecular formula is C13H22N4. The Morgan fingerprint density at radius 2 is 2.18 bits per heavy atom. The predicted molar refractivity (Wildman–Crippen MR) is 71.5 cm³/mol. The Bertz CT molecular complexity index is 389. The van der Waals surface area contributed by atoms with Gasteiger partial charge in [0.25, 0.3) is 0 Å². The standard InChI is InChI=1S/C13H22N4/c1-9(2)11-6-5-7-17(11)12-8-10(3)15-13(14-4)16-12/h8-9,11H,5-7H2,1-4H3,(H,14,15,16). The maximum Gasteiger partial charge on any atom is 0.224 e. The molecule has 0 aromatic carbocycles. The van der Waals surface area contributed by atoms with Gasteiger partial charge in [0, 0.05) is 31.4 Å². The summed E-state index contributed by atoms with van der Waals surface area (Å²) in [6.45, 7) is 7.71. The highest BCUT2D eigenvalue weighted by molar-refractivity contribution is 5.46. The van der Waals surface area contributed by atoms with Crippen LogP contribution in [0.25, 0.3) is 0 Å².